The minimum Gasteiger partial charge on any atom is -0.293 e. The lowest BCUT2D eigenvalue weighted by atomic mass is 9.92. The molecular formula is C16H13FO. The van der Waals surface area contributed by atoms with Gasteiger partial charge in [0.2, 0.25) is 0 Å². The van der Waals surface area contributed by atoms with Gasteiger partial charge in [-0.25, -0.2) is 4.39 Å². The third-order valence-electron chi connectivity index (χ3n) is 3.58. The molecule has 0 bridgehead atoms. The van der Waals surface area contributed by atoms with Gasteiger partial charge in [0.25, 0.3) is 0 Å². The quantitative estimate of drug-likeness (QED) is 0.731. The highest BCUT2D eigenvalue weighted by molar-refractivity contribution is 6.01. The SMILES string of the molecule is O=C(c1ccc(F)cc1)C1CCc2ccccc21. The van der Waals surface area contributed by atoms with E-state index < -0.39 is 0 Å². The zero-order chi connectivity index (χ0) is 12.5. The van der Waals surface area contributed by atoms with Crippen LogP contribution < -0.4 is 0 Å². The van der Waals surface area contributed by atoms with E-state index >= 15 is 0 Å². The van der Waals surface area contributed by atoms with E-state index in [1.807, 2.05) is 18.2 Å². The first kappa shape index (κ1) is 11.1. The highest BCUT2D eigenvalue weighted by Gasteiger charge is 2.28. The van der Waals surface area contributed by atoms with Crippen molar-refractivity contribution in [2.45, 2.75) is 18.8 Å². The van der Waals surface area contributed by atoms with Gasteiger partial charge in [-0.1, -0.05) is 24.3 Å². The van der Waals surface area contributed by atoms with E-state index in [-0.39, 0.29) is 17.5 Å². The van der Waals surface area contributed by atoms with Crippen molar-refractivity contribution in [3.05, 3.63) is 71.0 Å². The molecule has 90 valence electrons. The van der Waals surface area contributed by atoms with E-state index in [1.54, 1.807) is 12.1 Å². The number of carbonyl (C=O) groups excluding carboxylic acids is 1. The van der Waals surface area contributed by atoms with Crippen molar-refractivity contribution >= 4 is 5.78 Å². The Labute approximate surface area is 105 Å². The molecule has 1 unspecified atom stereocenters. The van der Waals surface area contributed by atoms with Crippen LogP contribution in [0.2, 0.25) is 0 Å². The Morgan fingerprint density at radius 3 is 2.56 bits per heavy atom. The van der Waals surface area contributed by atoms with E-state index in [1.165, 1.54) is 17.7 Å². The highest BCUT2D eigenvalue weighted by atomic mass is 19.1. The summed E-state index contributed by atoms with van der Waals surface area (Å²) < 4.78 is 12.9. The average Bonchev–Trinajstić information content (AvgIpc) is 2.82. The molecule has 18 heavy (non-hydrogen) atoms. The lowest BCUT2D eigenvalue weighted by Gasteiger charge is -2.10. The molecule has 0 heterocycles. The number of ketones is 1. The first-order valence-corrected chi connectivity index (χ1v) is 6.13. The predicted molar refractivity (Wildman–Crippen MR) is 68.2 cm³/mol. The molecular weight excluding hydrogens is 227 g/mol. The highest BCUT2D eigenvalue weighted by Crippen LogP contribution is 2.35. The van der Waals surface area contributed by atoms with Crippen LogP contribution in [0.5, 0.6) is 0 Å². The van der Waals surface area contributed by atoms with Crippen molar-refractivity contribution < 1.29 is 9.18 Å². The Bertz CT molecular complexity index is 586. The first-order chi connectivity index (χ1) is 8.75. The summed E-state index contributed by atoms with van der Waals surface area (Å²) in [6.07, 6.45) is 1.81. The number of benzene rings is 2. The molecule has 2 heteroatoms. The molecule has 1 nitrogen and oxygen atoms in total. The van der Waals surface area contributed by atoms with Crippen LogP contribution in [0.3, 0.4) is 0 Å². The third kappa shape index (κ3) is 1.84. The number of hydrogen-bond acceptors (Lipinski definition) is 1. The number of hydrogen-bond donors (Lipinski definition) is 0. The summed E-state index contributed by atoms with van der Waals surface area (Å²) in [4.78, 5) is 12.4. The fourth-order valence-corrected chi connectivity index (χ4v) is 2.64. The normalized spacial score (nSPS) is 17.5. The molecule has 1 aliphatic carbocycles. The molecule has 0 N–H and O–H groups in total. The molecule has 2 aromatic carbocycles. The van der Waals surface area contributed by atoms with Gasteiger partial charge in [0.05, 0.1) is 0 Å². The molecule has 3 rings (SSSR count). The van der Waals surface area contributed by atoms with Crippen LogP contribution in [0.15, 0.2) is 48.5 Å². The standard InChI is InChI=1S/C16H13FO/c17-13-8-5-12(6-9-13)16(18)15-10-7-11-3-1-2-4-14(11)15/h1-6,8-9,15H,7,10H2. The van der Waals surface area contributed by atoms with Gasteiger partial charge in [-0.15, -0.1) is 0 Å². The van der Waals surface area contributed by atoms with Crippen LogP contribution >= 0.6 is 0 Å². The van der Waals surface area contributed by atoms with Gasteiger partial charge < -0.3 is 0 Å². The van der Waals surface area contributed by atoms with Gasteiger partial charge in [0.1, 0.15) is 5.82 Å². The van der Waals surface area contributed by atoms with E-state index in [2.05, 4.69) is 6.07 Å². The molecule has 0 aromatic heterocycles. The van der Waals surface area contributed by atoms with Gasteiger partial charge in [-0.3, -0.25) is 4.79 Å². The minimum atomic E-state index is -0.307. The Morgan fingerprint density at radius 2 is 1.78 bits per heavy atom. The van der Waals surface area contributed by atoms with Crippen LogP contribution in [-0.2, 0) is 6.42 Å². The molecule has 0 saturated heterocycles. The van der Waals surface area contributed by atoms with E-state index in [0.717, 1.165) is 18.4 Å². The van der Waals surface area contributed by atoms with E-state index in [4.69, 9.17) is 0 Å². The molecule has 2 aromatic rings. The second kappa shape index (κ2) is 4.37. The number of halogens is 1. The predicted octanol–water partition coefficient (Wildman–Crippen LogP) is 3.74. The summed E-state index contributed by atoms with van der Waals surface area (Å²) in [7, 11) is 0. The van der Waals surface area contributed by atoms with Crippen LogP contribution in [0, 0.1) is 5.82 Å². The third-order valence-corrected chi connectivity index (χ3v) is 3.58. The number of fused-ring (bicyclic) bond motifs is 1. The van der Waals surface area contributed by atoms with Gasteiger partial charge in [0, 0.05) is 11.5 Å². The van der Waals surface area contributed by atoms with Gasteiger partial charge in [-0.05, 0) is 48.2 Å². The van der Waals surface area contributed by atoms with Gasteiger partial charge in [-0.2, -0.15) is 0 Å². The van der Waals surface area contributed by atoms with Crippen LogP contribution in [0.25, 0.3) is 0 Å². The fourth-order valence-electron chi connectivity index (χ4n) is 2.64. The summed E-state index contributed by atoms with van der Waals surface area (Å²) >= 11 is 0. The van der Waals surface area contributed by atoms with Crippen molar-refractivity contribution in [1.82, 2.24) is 0 Å². The molecule has 0 fully saturated rings. The largest absolute Gasteiger partial charge is 0.293 e. The maximum Gasteiger partial charge on any atom is 0.170 e. The van der Waals surface area contributed by atoms with Crippen LogP contribution in [-0.4, -0.2) is 5.78 Å². The topological polar surface area (TPSA) is 17.1 Å². The average molecular weight is 240 g/mol. The summed E-state index contributed by atoms with van der Waals surface area (Å²) in [5, 5.41) is 0. The summed E-state index contributed by atoms with van der Waals surface area (Å²) in [6, 6.07) is 13.9. The summed E-state index contributed by atoms with van der Waals surface area (Å²) in [5.74, 6) is -0.273. The molecule has 1 aliphatic rings. The van der Waals surface area contributed by atoms with E-state index in [9.17, 15) is 9.18 Å². The monoisotopic (exact) mass is 240 g/mol. The summed E-state index contributed by atoms with van der Waals surface area (Å²) in [6.45, 7) is 0. The van der Waals surface area contributed by atoms with Gasteiger partial charge >= 0.3 is 0 Å². The smallest absolute Gasteiger partial charge is 0.170 e. The number of aryl methyl sites for hydroxylation is 1. The molecule has 0 aliphatic heterocycles. The Morgan fingerprint density at radius 1 is 1.06 bits per heavy atom. The van der Waals surface area contributed by atoms with Crippen LogP contribution in [0.1, 0.15) is 33.8 Å². The maximum absolute atomic E-state index is 12.9. The number of carbonyl (C=O) groups is 1. The molecule has 1 atom stereocenters. The first-order valence-electron chi connectivity index (χ1n) is 6.13. The lowest BCUT2D eigenvalue weighted by molar-refractivity contribution is 0.0959. The Hall–Kier alpha value is -1.96. The second-order valence-electron chi connectivity index (χ2n) is 4.66. The Balaban J connectivity index is 1.93. The summed E-state index contributed by atoms with van der Waals surface area (Å²) in [5.41, 5.74) is 2.99. The van der Waals surface area contributed by atoms with Crippen molar-refractivity contribution in [2.75, 3.05) is 0 Å². The zero-order valence-corrected chi connectivity index (χ0v) is 9.90. The second-order valence-corrected chi connectivity index (χ2v) is 4.66. The van der Waals surface area contributed by atoms with Gasteiger partial charge in [0.15, 0.2) is 5.78 Å². The molecule has 0 radical (unpaired) electrons. The zero-order valence-electron chi connectivity index (χ0n) is 9.90. The van der Waals surface area contributed by atoms with Crippen LogP contribution in [0.4, 0.5) is 4.39 Å². The minimum absolute atomic E-state index is 0.0633. The molecule has 0 saturated carbocycles. The number of Topliss-reactive ketones (excluding diaryl/α,β-unsaturated/α-hetero) is 1. The molecule has 0 spiro atoms. The molecule has 0 amide bonds. The van der Waals surface area contributed by atoms with E-state index in [0.29, 0.717) is 5.56 Å². The fraction of sp³-hybridized carbons (Fsp3) is 0.188. The van der Waals surface area contributed by atoms with Crippen molar-refractivity contribution in [3.8, 4) is 0 Å². The maximum atomic E-state index is 12.9. The van der Waals surface area contributed by atoms with Crippen molar-refractivity contribution in [2.24, 2.45) is 0 Å². The van der Waals surface area contributed by atoms with Crippen molar-refractivity contribution in [1.29, 1.82) is 0 Å². The Kier molecular flexibility index (Phi) is 2.71. The van der Waals surface area contributed by atoms with Crippen molar-refractivity contribution in [3.63, 3.8) is 0 Å². The lowest BCUT2D eigenvalue weighted by Crippen LogP contribution is -2.10. The number of rotatable bonds is 2.